The highest BCUT2D eigenvalue weighted by Crippen LogP contribution is 2.45. The highest BCUT2D eigenvalue weighted by atomic mass is 16.5. The Labute approximate surface area is 290 Å². The molecule has 6 aromatic carbocycles. The number of rotatable bonds is 11. The lowest BCUT2D eigenvalue weighted by Crippen LogP contribution is -1.97. The van der Waals surface area contributed by atoms with Gasteiger partial charge in [-0.15, -0.1) is 0 Å². The smallest absolute Gasteiger partial charge is 0.149 e. The first-order valence-corrected chi connectivity index (χ1v) is 15.6. The van der Waals surface area contributed by atoms with Crippen molar-refractivity contribution in [3.05, 3.63) is 132 Å². The molecule has 0 saturated heterocycles. The number of nitriles is 2. The van der Waals surface area contributed by atoms with E-state index in [0.29, 0.717) is 45.6 Å². The van der Waals surface area contributed by atoms with Crippen LogP contribution in [0.1, 0.15) is 11.1 Å². The maximum absolute atomic E-state index is 10.0. The van der Waals surface area contributed by atoms with Crippen LogP contribution in [0.15, 0.2) is 121 Å². The van der Waals surface area contributed by atoms with Crippen molar-refractivity contribution in [2.75, 3.05) is 28.4 Å². The van der Waals surface area contributed by atoms with E-state index in [9.17, 15) is 10.5 Å². The van der Waals surface area contributed by atoms with Crippen LogP contribution in [0.5, 0.6) is 46.0 Å². The van der Waals surface area contributed by atoms with E-state index < -0.39 is 0 Å². The van der Waals surface area contributed by atoms with E-state index in [2.05, 4.69) is 12.1 Å². The molecular formula is C42H32N2O6. The topological polar surface area (TPSA) is 103 Å². The Morgan fingerprint density at radius 3 is 1.08 bits per heavy atom. The van der Waals surface area contributed by atoms with E-state index in [-0.39, 0.29) is 11.1 Å². The van der Waals surface area contributed by atoms with Gasteiger partial charge in [0.1, 0.15) is 69.3 Å². The third-order valence-corrected chi connectivity index (χ3v) is 8.18. The zero-order valence-corrected chi connectivity index (χ0v) is 27.9. The third-order valence-electron chi connectivity index (χ3n) is 8.18. The van der Waals surface area contributed by atoms with Crippen LogP contribution in [-0.4, -0.2) is 28.4 Å². The highest BCUT2D eigenvalue weighted by Gasteiger charge is 2.20. The van der Waals surface area contributed by atoms with Crippen LogP contribution < -0.4 is 28.4 Å². The molecule has 0 saturated carbocycles. The van der Waals surface area contributed by atoms with E-state index in [1.807, 2.05) is 84.9 Å². The Bertz CT molecular complexity index is 2070. The summed E-state index contributed by atoms with van der Waals surface area (Å²) < 4.78 is 34.8. The summed E-state index contributed by atoms with van der Waals surface area (Å²) >= 11 is 0. The van der Waals surface area contributed by atoms with Crippen LogP contribution >= 0.6 is 0 Å². The summed E-state index contributed by atoms with van der Waals surface area (Å²) in [6.45, 7) is 0. The summed E-state index contributed by atoms with van der Waals surface area (Å²) in [4.78, 5) is 0. The van der Waals surface area contributed by atoms with Crippen LogP contribution in [-0.2, 0) is 0 Å². The Balaban J connectivity index is 1.59. The predicted molar refractivity (Wildman–Crippen MR) is 191 cm³/mol. The molecule has 0 unspecified atom stereocenters. The molecular weight excluding hydrogens is 628 g/mol. The summed E-state index contributed by atoms with van der Waals surface area (Å²) in [6.07, 6.45) is 0. The van der Waals surface area contributed by atoms with Crippen LogP contribution in [0.2, 0.25) is 0 Å². The van der Waals surface area contributed by atoms with Crippen LogP contribution in [0.25, 0.3) is 33.4 Å². The largest absolute Gasteiger partial charge is 0.497 e. The van der Waals surface area contributed by atoms with Gasteiger partial charge in [-0.05, 0) is 95.1 Å². The fraction of sp³-hybridized carbons (Fsp3) is 0.0952. The van der Waals surface area contributed by atoms with Crippen LogP contribution in [0.4, 0.5) is 0 Å². The van der Waals surface area contributed by atoms with Crippen molar-refractivity contribution in [1.29, 1.82) is 10.5 Å². The Morgan fingerprint density at radius 2 is 0.740 bits per heavy atom. The van der Waals surface area contributed by atoms with Crippen molar-refractivity contribution in [1.82, 2.24) is 0 Å². The second-order valence-electron chi connectivity index (χ2n) is 11.0. The molecule has 6 aromatic rings. The number of methoxy groups -OCH3 is 4. The molecule has 6 rings (SSSR count). The van der Waals surface area contributed by atoms with E-state index in [1.54, 1.807) is 50.6 Å². The van der Waals surface area contributed by atoms with Gasteiger partial charge in [0.25, 0.3) is 0 Å². The van der Waals surface area contributed by atoms with Gasteiger partial charge < -0.3 is 28.4 Å². The van der Waals surface area contributed by atoms with E-state index in [4.69, 9.17) is 28.4 Å². The fourth-order valence-corrected chi connectivity index (χ4v) is 5.57. The zero-order chi connectivity index (χ0) is 35.0. The Hall–Kier alpha value is -6.90. The number of hydrogen-bond acceptors (Lipinski definition) is 8. The summed E-state index contributed by atoms with van der Waals surface area (Å²) in [7, 11) is 6.28. The molecule has 8 heteroatoms. The summed E-state index contributed by atoms with van der Waals surface area (Å²) in [6, 6.07) is 42.0. The summed E-state index contributed by atoms with van der Waals surface area (Å²) in [5, 5.41) is 20.1. The van der Waals surface area contributed by atoms with Gasteiger partial charge in [-0.2, -0.15) is 10.5 Å². The fourth-order valence-electron chi connectivity index (χ4n) is 5.57. The number of hydrogen-bond donors (Lipinski definition) is 0. The minimum Gasteiger partial charge on any atom is -0.497 e. The first kappa shape index (κ1) is 33.0. The minimum absolute atomic E-state index is 0.263. The van der Waals surface area contributed by atoms with Gasteiger partial charge in [-0.3, -0.25) is 0 Å². The molecule has 0 bridgehead atoms. The highest BCUT2D eigenvalue weighted by molar-refractivity contribution is 5.85. The molecule has 50 heavy (non-hydrogen) atoms. The first-order valence-electron chi connectivity index (χ1n) is 15.6. The molecule has 0 atom stereocenters. The van der Waals surface area contributed by atoms with Crippen molar-refractivity contribution >= 4 is 0 Å². The normalized spacial score (nSPS) is 10.4. The quantitative estimate of drug-likeness (QED) is 0.135. The Morgan fingerprint density at radius 1 is 0.380 bits per heavy atom. The molecule has 0 aromatic heterocycles. The second-order valence-corrected chi connectivity index (χ2v) is 11.0. The van der Waals surface area contributed by atoms with Crippen molar-refractivity contribution in [2.45, 2.75) is 0 Å². The molecule has 0 fully saturated rings. The molecule has 0 aliphatic carbocycles. The molecule has 0 amide bonds. The molecule has 0 spiro atoms. The summed E-state index contributed by atoms with van der Waals surface area (Å²) in [5.41, 5.74) is 5.59. The SMILES string of the molecule is COc1ccc(-c2ccc(Oc3cccc(OC)c3C#N)c(-c3cc(-c4ccc(OC)cc4)ccc3Oc3cccc(OC)c3C#N)c2)cc1. The molecule has 0 N–H and O–H groups in total. The average molecular weight is 661 g/mol. The van der Waals surface area contributed by atoms with Gasteiger partial charge in [0, 0.05) is 11.1 Å². The maximum atomic E-state index is 10.0. The van der Waals surface area contributed by atoms with Crippen molar-refractivity contribution in [3.8, 4) is 91.5 Å². The van der Waals surface area contributed by atoms with Gasteiger partial charge in [-0.1, -0.05) is 48.5 Å². The van der Waals surface area contributed by atoms with Gasteiger partial charge in [0.05, 0.1) is 28.4 Å². The van der Waals surface area contributed by atoms with Crippen molar-refractivity contribution in [3.63, 3.8) is 0 Å². The van der Waals surface area contributed by atoms with E-state index in [0.717, 1.165) is 33.8 Å². The second kappa shape index (κ2) is 14.9. The molecule has 246 valence electrons. The maximum Gasteiger partial charge on any atom is 0.149 e. The minimum atomic E-state index is 0.263. The van der Waals surface area contributed by atoms with Crippen LogP contribution in [0, 0.1) is 22.7 Å². The number of ether oxygens (including phenoxy) is 6. The van der Waals surface area contributed by atoms with Gasteiger partial charge in [0.2, 0.25) is 0 Å². The van der Waals surface area contributed by atoms with Crippen LogP contribution in [0.3, 0.4) is 0 Å². The lowest BCUT2D eigenvalue weighted by Gasteiger charge is -2.19. The Kier molecular flexibility index (Phi) is 9.84. The van der Waals surface area contributed by atoms with Gasteiger partial charge >= 0.3 is 0 Å². The molecule has 0 heterocycles. The van der Waals surface area contributed by atoms with Crippen molar-refractivity contribution in [2.24, 2.45) is 0 Å². The molecule has 0 aliphatic heterocycles. The first-order chi connectivity index (χ1) is 24.5. The van der Waals surface area contributed by atoms with E-state index in [1.165, 1.54) is 14.2 Å². The standard InChI is InChI=1S/C42H32N2O6/c1-45-31-17-11-27(12-18-31)29-15-21-41(49-39-9-5-7-37(47-3)35(39)25-43)33(23-29)34-24-30(28-13-19-32(46-2)20-14-28)16-22-42(34)50-40-10-6-8-38(48-4)36(40)26-44/h5-24H,1-4H3. The van der Waals surface area contributed by atoms with Gasteiger partial charge in [0.15, 0.2) is 0 Å². The van der Waals surface area contributed by atoms with Crippen molar-refractivity contribution < 1.29 is 28.4 Å². The zero-order valence-electron chi connectivity index (χ0n) is 27.9. The predicted octanol–water partition coefficient (Wildman–Crippen LogP) is 10.0. The monoisotopic (exact) mass is 660 g/mol. The lowest BCUT2D eigenvalue weighted by atomic mass is 9.94. The molecule has 0 aliphatic rings. The van der Waals surface area contributed by atoms with E-state index >= 15 is 0 Å². The number of nitrogens with zero attached hydrogens (tertiary/aromatic N) is 2. The molecule has 0 radical (unpaired) electrons. The average Bonchev–Trinajstić information content (AvgIpc) is 3.18. The molecule has 8 nitrogen and oxygen atoms in total. The number of benzene rings is 6. The van der Waals surface area contributed by atoms with Gasteiger partial charge in [-0.25, -0.2) is 0 Å². The lowest BCUT2D eigenvalue weighted by molar-refractivity contribution is 0.406. The third kappa shape index (κ3) is 6.73. The summed E-state index contributed by atoms with van der Waals surface area (Å²) in [5.74, 6) is 3.88.